The number of H-pyrrole nitrogens is 1. The van der Waals surface area contributed by atoms with E-state index >= 15 is 0 Å². The highest BCUT2D eigenvalue weighted by atomic mass is 35.5. The molecule has 0 bridgehead atoms. The molecule has 3 aromatic rings. The fraction of sp³-hybridized carbons (Fsp3) is 0. The molecule has 0 radical (unpaired) electrons. The topological polar surface area (TPSA) is 66.2 Å². The zero-order chi connectivity index (χ0) is 16.4. The number of halogens is 2. The van der Waals surface area contributed by atoms with Crippen molar-refractivity contribution < 1.29 is 5.11 Å². The summed E-state index contributed by atoms with van der Waals surface area (Å²) in [6.07, 6.45) is 1.54. The van der Waals surface area contributed by atoms with E-state index in [1.54, 1.807) is 12.1 Å². The number of aromatic nitrogens is 3. The van der Waals surface area contributed by atoms with Crippen LogP contribution in [0.4, 0.5) is 0 Å². The lowest BCUT2D eigenvalue weighted by molar-refractivity contribution is 0.476. The lowest BCUT2D eigenvalue weighted by Gasteiger charge is -2.02. The van der Waals surface area contributed by atoms with Gasteiger partial charge in [0.1, 0.15) is 0 Å². The molecule has 1 heterocycles. The van der Waals surface area contributed by atoms with E-state index in [0.29, 0.717) is 16.2 Å². The highest BCUT2D eigenvalue weighted by Crippen LogP contribution is 2.32. The quantitative estimate of drug-likeness (QED) is 0.530. The molecule has 0 spiro atoms. The van der Waals surface area contributed by atoms with Gasteiger partial charge in [-0.2, -0.15) is 14.9 Å². The van der Waals surface area contributed by atoms with Gasteiger partial charge in [0, 0.05) is 5.56 Å². The Labute approximate surface area is 146 Å². The Morgan fingerprint density at radius 1 is 1.17 bits per heavy atom. The van der Waals surface area contributed by atoms with Crippen molar-refractivity contribution >= 4 is 41.6 Å². The van der Waals surface area contributed by atoms with Gasteiger partial charge >= 0.3 is 0 Å². The molecule has 2 N–H and O–H groups in total. The largest absolute Gasteiger partial charge is 0.505 e. The molecule has 0 saturated heterocycles. The first-order chi connectivity index (χ1) is 11.1. The maximum Gasteiger partial charge on any atom is 0.216 e. The van der Waals surface area contributed by atoms with Gasteiger partial charge in [-0.3, -0.25) is 0 Å². The molecule has 1 aromatic heterocycles. The van der Waals surface area contributed by atoms with Crippen LogP contribution in [0, 0.1) is 4.77 Å². The Hall–Kier alpha value is -2.15. The molecular formula is C15H10Cl2N4OS. The molecule has 2 aromatic carbocycles. The molecule has 0 atom stereocenters. The van der Waals surface area contributed by atoms with Gasteiger partial charge in [0.25, 0.3) is 0 Å². The summed E-state index contributed by atoms with van der Waals surface area (Å²) in [6, 6.07) is 12.6. The molecule has 0 unspecified atom stereocenters. The number of nitrogens with zero attached hydrogens (tertiary/aromatic N) is 3. The van der Waals surface area contributed by atoms with Crippen molar-refractivity contribution in [1.29, 1.82) is 0 Å². The van der Waals surface area contributed by atoms with Crippen molar-refractivity contribution in [2.75, 3.05) is 0 Å². The van der Waals surface area contributed by atoms with E-state index in [2.05, 4.69) is 15.3 Å². The van der Waals surface area contributed by atoms with E-state index in [1.807, 2.05) is 30.3 Å². The van der Waals surface area contributed by atoms with Crippen LogP contribution >= 0.6 is 35.4 Å². The smallest absolute Gasteiger partial charge is 0.216 e. The number of phenolic OH excluding ortho intramolecular Hbond substituents is 1. The highest BCUT2D eigenvalue weighted by molar-refractivity contribution is 7.71. The van der Waals surface area contributed by atoms with Gasteiger partial charge in [0.2, 0.25) is 4.77 Å². The van der Waals surface area contributed by atoms with E-state index < -0.39 is 0 Å². The molecule has 0 amide bonds. The third-order valence-electron chi connectivity index (χ3n) is 3.04. The van der Waals surface area contributed by atoms with Gasteiger partial charge in [-0.25, -0.2) is 5.10 Å². The minimum Gasteiger partial charge on any atom is -0.505 e. The van der Waals surface area contributed by atoms with Crippen molar-refractivity contribution in [1.82, 2.24) is 14.9 Å². The molecule has 0 aliphatic rings. The summed E-state index contributed by atoms with van der Waals surface area (Å²) in [4.78, 5) is 0. The fourth-order valence-corrected chi connectivity index (χ4v) is 2.64. The van der Waals surface area contributed by atoms with Crippen LogP contribution in [0.15, 0.2) is 47.6 Å². The average Bonchev–Trinajstić information content (AvgIpc) is 2.92. The second-order valence-corrected chi connectivity index (χ2v) is 5.81. The summed E-state index contributed by atoms with van der Waals surface area (Å²) in [7, 11) is 0. The minimum atomic E-state index is -0.157. The summed E-state index contributed by atoms with van der Waals surface area (Å²) < 4.78 is 1.86. The Morgan fingerprint density at radius 2 is 1.83 bits per heavy atom. The van der Waals surface area contributed by atoms with Crippen molar-refractivity contribution in [2.45, 2.75) is 0 Å². The lowest BCUT2D eigenvalue weighted by Crippen LogP contribution is -1.95. The van der Waals surface area contributed by atoms with Crippen LogP contribution in [0.1, 0.15) is 5.56 Å². The second kappa shape index (κ2) is 6.54. The number of rotatable bonds is 3. The maximum atomic E-state index is 9.57. The number of benzene rings is 2. The van der Waals surface area contributed by atoms with Crippen LogP contribution in [0.5, 0.6) is 5.75 Å². The summed E-state index contributed by atoms with van der Waals surface area (Å²) in [6.45, 7) is 0. The number of nitrogens with one attached hydrogen (secondary N) is 1. The van der Waals surface area contributed by atoms with Crippen LogP contribution in [0.25, 0.3) is 11.4 Å². The SMILES string of the molecule is Oc1c(Cl)cc(/C=N\n2c(-c3ccccc3)n[nH]c2=S)cc1Cl. The number of hydrogen-bond acceptors (Lipinski definition) is 4. The number of aromatic amines is 1. The molecule has 116 valence electrons. The number of phenols is 1. The van der Waals surface area contributed by atoms with E-state index in [0.717, 1.165) is 5.56 Å². The molecule has 3 rings (SSSR count). The monoisotopic (exact) mass is 364 g/mol. The Bertz CT molecular complexity index is 911. The first-order valence-corrected chi connectivity index (χ1v) is 7.68. The van der Waals surface area contributed by atoms with Crippen LogP contribution in [0.2, 0.25) is 10.0 Å². The third kappa shape index (κ3) is 3.29. The van der Waals surface area contributed by atoms with E-state index in [1.165, 1.54) is 10.9 Å². The van der Waals surface area contributed by atoms with Gasteiger partial charge < -0.3 is 5.11 Å². The Morgan fingerprint density at radius 3 is 2.48 bits per heavy atom. The Balaban J connectivity index is 2.01. The zero-order valence-electron chi connectivity index (χ0n) is 11.6. The summed E-state index contributed by atoms with van der Waals surface area (Å²) >= 11 is 17.0. The van der Waals surface area contributed by atoms with E-state index in [9.17, 15) is 5.11 Å². The number of aromatic hydroxyl groups is 1. The van der Waals surface area contributed by atoms with Gasteiger partial charge in [-0.1, -0.05) is 53.5 Å². The van der Waals surface area contributed by atoms with Crippen LogP contribution < -0.4 is 0 Å². The van der Waals surface area contributed by atoms with Crippen LogP contribution in [-0.2, 0) is 0 Å². The maximum absolute atomic E-state index is 9.57. The molecule has 8 heteroatoms. The number of hydrogen-bond donors (Lipinski definition) is 2. The van der Waals surface area contributed by atoms with E-state index in [-0.39, 0.29) is 15.8 Å². The van der Waals surface area contributed by atoms with Gasteiger partial charge in [0.05, 0.1) is 16.3 Å². The fourth-order valence-electron chi connectivity index (χ4n) is 1.96. The Kier molecular flexibility index (Phi) is 4.47. The third-order valence-corrected chi connectivity index (χ3v) is 3.88. The first-order valence-electron chi connectivity index (χ1n) is 6.51. The molecule has 23 heavy (non-hydrogen) atoms. The normalized spacial score (nSPS) is 11.2. The first kappa shape index (κ1) is 15.7. The van der Waals surface area contributed by atoms with Gasteiger partial charge in [-0.15, -0.1) is 0 Å². The van der Waals surface area contributed by atoms with Crippen LogP contribution in [0.3, 0.4) is 0 Å². The van der Waals surface area contributed by atoms with Crippen molar-refractivity contribution in [3.63, 3.8) is 0 Å². The molecule has 0 aliphatic carbocycles. The summed E-state index contributed by atoms with van der Waals surface area (Å²) in [5.74, 6) is 0.429. The lowest BCUT2D eigenvalue weighted by atomic mass is 10.2. The average molecular weight is 365 g/mol. The van der Waals surface area contributed by atoms with Crippen molar-refractivity contribution in [2.24, 2.45) is 5.10 Å². The molecular weight excluding hydrogens is 355 g/mol. The van der Waals surface area contributed by atoms with Crippen molar-refractivity contribution in [3.8, 4) is 17.1 Å². The summed E-state index contributed by atoms with van der Waals surface area (Å²) in [5, 5.41) is 21.1. The minimum absolute atomic E-state index is 0.151. The van der Waals surface area contributed by atoms with Gasteiger partial charge in [-0.05, 0) is 29.9 Å². The molecule has 5 nitrogen and oxygen atoms in total. The second-order valence-electron chi connectivity index (χ2n) is 4.61. The van der Waals surface area contributed by atoms with E-state index in [4.69, 9.17) is 35.4 Å². The van der Waals surface area contributed by atoms with Crippen LogP contribution in [-0.4, -0.2) is 26.2 Å². The zero-order valence-corrected chi connectivity index (χ0v) is 13.9. The predicted molar refractivity (Wildman–Crippen MR) is 94.0 cm³/mol. The molecule has 0 saturated carbocycles. The van der Waals surface area contributed by atoms with Gasteiger partial charge in [0.15, 0.2) is 11.6 Å². The molecule has 0 fully saturated rings. The molecule has 0 aliphatic heterocycles. The highest BCUT2D eigenvalue weighted by Gasteiger charge is 2.08. The van der Waals surface area contributed by atoms with Crippen molar-refractivity contribution in [3.05, 3.63) is 62.8 Å². The predicted octanol–water partition coefficient (Wildman–Crippen LogP) is 4.50. The summed E-state index contributed by atoms with van der Waals surface area (Å²) in [5.41, 5.74) is 1.50. The standard InChI is InChI=1S/C15H10Cl2N4OS/c16-11-6-9(7-12(17)13(11)22)8-18-21-14(19-20-15(21)23)10-4-2-1-3-5-10/h1-8,22H,(H,20,23)/b18-8-.